The number of hydrogen-bond donors (Lipinski definition) is 3. The Kier molecular flexibility index (Phi) is 6.10. The van der Waals surface area contributed by atoms with Gasteiger partial charge in [-0.2, -0.15) is 4.98 Å². The van der Waals surface area contributed by atoms with Crippen LogP contribution in [0.1, 0.15) is 18.3 Å². The van der Waals surface area contributed by atoms with Crippen molar-refractivity contribution in [2.45, 2.75) is 6.92 Å². The molecule has 0 aliphatic rings. The van der Waals surface area contributed by atoms with Crippen LogP contribution < -0.4 is 15.0 Å². The number of hydrogen-bond acceptors (Lipinski definition) is 8. The minimum absolute atomic E-state index is 0.0905. The molecule has 0 fully saturated rings. The fraction of sp³-hybridized carbons (Fsp3) is 0.188. The average Bonchev–Trinajstić information content (AvgIpc) is 2.58. The lowest BCUT2D eigenvalue weighted by molar-refractivity contribution is -0.387. The molecule has 3 N–H and O–H groups in total. The lowest BCUT2D eigenvalue weighted by Crippen LogP contribution is -2.14. The lowest BCUT2D eigenvalue weighted by Gasteiger charge is -2.11. The first-order chi connectivity index (χ1) is 12.8. The molecule has 0 aliphatic carbocycles. The number of rotatable bonds is 8. The summed E-state index contributed by atoms with van der Waals surface area (Å²) in [4.78, 5) is 37.6. The Bertz CT molecular complexity index is 951. The Labute approximate surface area is 151 Å². The molecule has 1 heterocycles. The van der Waals surface area contributed by atoms with Crippen LogP contribution in [0.25, 0.3) is 12.2 Å². The fourth-order valence-corrected chi connectivity index (χ4v) is 2.05. The zero-order valence-corrected chi connectivity index (χ0v) is 14.0. The quantitative estimate of drug-likeness (QED) is 0.455. The minimum atomic E-state index is -1.13. The molecule has 0 bridgehead atoms. The zero-order valence-electron chi connectivity index (χ0n) is 14.0. The summed E-state index contributed by atoms with van der Waals surface area (Å²) in [5, 5.41) is 28.9. The van der Waals surface area contributed by atoms with Gasteiger partial charge < -0.3 is 24.7 Å². The Morgan fingerprint density at radius 2 is 2.07 bits per heavy atom. The summed E-state index contributed by atoms with van der Waals surface area (Å²) in [5.74, 6) is -1.65. The average molecular weight is 377 g/mol. The zero-order chi connectivity index (χ0) is 20.0. The number of H-pyrrole nitrogens is 1. The molecule has 1 aromatic heterocycles. The van der Waals surface area contributed by atoms with Crippen LogP contribution in [0.2, 0.25) is 0 Å². The van der Waals surface area contributed by atoms with Gasteiger partial charge in [-0.05, 0) is 30.7 Å². The number of nitrogens with zero attached hydrogens (tertiary/aromatic N) is 2. The van der Waals surface area contributed by atoms with Crippen molar-refractivity contribution in [1.29, 1.82) is 0 Å². The molecule has 1 aromatic carbocycles. The van der Waals surface area contributed by atoms with E-state index in [0.717, 1.165) is 0 Å². The van der Waals surface area contributed by atoms with E-state index in [2.05, 4.69) is 9.97 Å². The Balaban J connectivity index is 2.28. The van der Waals surface area contributed by atoms with E-state index in [0.29, 0.717) is 17.9 Å². The van der Waals surface area contributed by atoms with Crippen LogP contribution in [0.15, 0.2) is 23.0 Å². The van der Waals surface area contributed by atoms with Crippen LogP contribution in [0.5, 0.6) is 17.4 Å². The summed E-state index contributed by atoms with van der Waals surface area (Å²) in [6, 6.07) is 4.68. The molecule has 142 valence electrons. The van der Waals surface area contributed by atoms with E-state index in [1.54, 1.807) is 19.1 Å². The molecule has 0 saturated heterocycles. The first-order valence-corrected chi connectivity index (χ1v) is 7.59. The van der Waals surface area contributed by atoms with E-state index >= 15 is 0 Å². The van der Waals surface area contributed by atoms with E-state index in [1.807, 2.05) is 0 Å². The number of benzene rings is 1. The van der Waals surface area contributed by atoms with Gasteiger partial charge >= 0.3 is 17.2 Å². The number of carboxylic acids is 1. The Morgan fingerprint density at radius 1 is 1.33 bits per heavy atom. The van der Waals surface area contributed by atoms with E-state index in [4.69, 9.17) is 14.6 Å². The molecule has 2 aromatic rings. The second-order valence-corrected chi connectivity index (χ2v) is 5.04. The van der Waals surface area contributed by atoms with Gasteiger partial charge in [0.25, 0.3) is 5.88 Å². The number of carboxylic acid groups (broad SMARTS) is 1. The molecule has 27 heavy (non-hydrogen) atoms. The van der Waals surface area contributed by atoms with Crippen molar-refractivity contribution in [3.8, 4) is 17.4 Å². The maximum Gasteiger partial charge on any atom is 0.395 e. The van der Waals surface area contributed by atoms with Crippen molar-refractivity contribution in [2.75, 3.05) is 13.2 Å². The third-order valence-electron chi connectivity index (χ3n) is 3.13. The minimum Gasteiger partial charge on any atom is -0.490 e. The molecule has 0 radical (unpaired) electrons. The molecule has 2 rings (SSSR count). The van der Waals surface area contributed by atoms with Crippen molar-refractivity contribution in [2.24, 2.45) is 0 Å². The van der Waals surface area contributed by atoms with Crippen LogP contribution in [0, 0.1) is 10.1 Å². The molecule has 0 spiro atoms. The van der Waals surface area contributed by atoms with E-state index in [9.17, 15) is 24.8 Å². The van der Waals surface area contributed by atoms with Crippen LogP contribution in [0.3, 0.4) is 0 Å². The van der Waals surface area contributed by atoms with Crippen molar-refractivity contribution in [3.05, 3.63) is 50.1 Å². The van der Waals surface area contributed by atoms with Crippen molar-refractivity contribution in [3.63, 3.8) is 0 Å². The number of aliphatic carboxylic acids is 1. The topological polar surface area (TPSA) is 165 Å². The van der Waals surface area contributed by atoms with Gasteiger partial charge in [0, 0.05) is 0 Å². The standard InChI is InChI=1S/C16H15N3O8/c1-2-26-11-7-9(3-5-10(11)27-8-13(20)21)4-6-12-17-15(22)14(19(24)25)16(23)18-12/h3-7H,2,8H2,1H3,(H,20,21)(H2,17,18,22,23)/b6-4+. The molecule has 0 atom stereocenters. The van der Waals surface area contributed by atoms with E-state index in [1.165, 1.54) is 18.2 Å². The third kappa shape index (κ3) is 5.04. The van der Waals surface area contributed by atoms with Gasteiger partial charge in [-0.1, -0.05) is 12.1 Å². The second-order valence-electron chi connectivity index (χ2n) is 5.04. The summed E-state index contributed by atoms with van der Waals surface area (Å²) in [7, 11) is 0. The van der Waals surface area contributed by atoms with Crippen molar-refractivity contribution < 1.29 is 29.4 Å². The maximum atomic E-state index is 11.6. The summed E-state index contributed by atoms with van der Waals surface area (Å²) in [5.41, 5.74) is -1.54. The van der Waals surface area contributed by atoms with Crippen LogP contribution in [-0.4, -0.2) is 44.3 Å². The molecular weight excluding hydrogens is 362 g/mol. The monoisotopic (exact) mass is 377 g/mol. The van der Waals surface area contributed by atoms with Gasteiger partial charge in [-0.25, -0.2) is 4.79 Å². The highest BCUT2D eigenvalue weighted by atomic mass is 16.6. The smallest absolute Gasteiger partial charge is 0.395 e. The fourth-order valence-electron chi connectivity index (χ4n) is 2.05. The van der Waals surface area contributed by atoms with E-state index < -0.39 is 34.6 Å². The number of aromatic nitrogens is 2. The number of carbonyl (C=O) groups is 1. The maximum absolute atomic E-state index is 11.6. The Hall–Kier alpha value is -3.89. The second kappa shape index (κ2) is 8.47. The molecule has 0 aliphatic heterocycles. The van der Waals surface area contributed by atoms with Crippen molar-refractivity contribution in [1.82, 2.24) is 9.97 Å². The summed E-state index contributed by atoms with van der Waals surface area (Å²) in [6.07, 6.45) is 2.83. The van der Waals surface area contributed by atoms with Gasteiger partial charge in [-0.15, -0.1) is 0 Å². The van der Waals surface area contributed by atoms with Gasteiger partial charge in [0.1, 0.15) is 5.82 Å². The number of aromatic amines is 1. The highest BCUT2D eigenvalue weighted by Crippen LogP contribution is 2.29. The van der Waals surface area contributed by atoms with Gasteiger partial charge in [0.05, 0.1) is 11.5 Å². The summed E-state index contributed by atoms with van der Waals surface area (Å²) >= 11 is 0. The molecular formula is C16H15N3O8. The van der Waals surface area contributed by atoms with Gasteiger partial charge in [0.2, 0.25) is 0 Å². The molecule has 0 saturated carbocycles. The first-order valence-electron chi connectivity index (χ1n) is 7.59. The number of ether oxygens (including phenoxy) is 2. The molecule has 0 amide bonds. The number of nitro groups is 1. The summed E-state index contributed by atoms with van der Waals surface area (Å²) < 4.78 is 10.5. The third-order valence-corrected chi connectivity index (χ3v) is 3.13. The SMILES string of the molecule is CCOc1cc(/C=C/c2nc(O)c([N+](=O)[O-])c(=O)[nH]2)ccc1OCC(=O)O. The predicted octanol–water partition coefficient (Wildman–Crippen LogP) is 1.42. The largest absolute Gasteiger partial charge is 0.490 e. The molecule has 11 nitrogen and oxygen atoms in total. The number of nitrogens with one attached hydrogen (secondary N) is 1. The summed E-state index contributed by atoms with van der Waals surface area (Å²) in [6.45, 7) is 1.54. The predicted molar refractivity (Wildman–Crippen MR) is 92.8 cm³/mol. The van der Waals surface area contributed by atoms with Crippen LogP contribution in [-0.2, 0) is 4.79 Å². The van der Waals surface area contributed by atoms with Gasteiger partial charge in [0.15, 0.2) is 18.1 Å². The van der Waals surface area contributed by atoms with Crippen molar-refractivity contribution >= 4 is 23.8 Å². The Morgan fingerprint density at radius 3 is 2.67 bits per heavy atom. The molecule has 0 unspecified atom stereocenters. The highest BCUT2D eigenvalue weighted by Gasteiger charge is 2.21. The molecule has 11 heteroatoms. The van der Waals surface area contributed by atoms with Gasteiger partial charge in [-0.3, -0.25) is 14.9 Å². The number of aromatic hydroxyl groups is 1. The normalized spacial score (nSPS) is 10.7. The van der Waals surface area contributed by atoms with E-state index in [-0.39, 0.29) is 11.6 Å². The lowest BCUT2D eigenvalue weighted by atomic mass is 10.2. The first kappa shape index (κ1) is 19.4. The van der Waals surface area contributed by atoms with Crippen LogP contribution >= 0.6 is 0 Å². The van der Waals surface area contributed by atoms with Crippen LogP contribution in [0.4, 0.5) is 5.69 Å². The highest BCUT2D eigenvalue weighted by molar-refractivity contribution is 5.70.